The van der Waals surface area contributed by atoms with Crippen LogP contribution in [0.3, 0.4) is 0 Å². The fourth-order valence-electron chi connectivity index (χ4n) is 1.17. The Balaban J connectivity index is 3.01. The number of aromatic hydroxyl groups is 1. The molecule has 0 spiro atoms. The van der Waals surface area contributed by atoms with Gasteiger partial charge in [0.15, 0.2) is 0 Å². The van der Waals surface area contributed by atoms with E-state index in [-0.39, 0.29) is 17.9 Å². The summed E-state index contributed by atoms with van der Waals surface area (Å²) in [6.07, 6.45) is 1.44. The summed E-state index contributed by atoms with van der Waals surface area (Å²) in [5, 5.41) is 9.66. The van der Waals surface area contributed by atoms with Gasteiger partial charge >= 0.3 is 7.82 Å². The Morgan fingerprint density at radius 3 is 2.69 bits per heavy atom. The van der Waals surface area contributed by atoms with Crippen LogP contribution in [0.4, 0.5) is 0 Å². The van der Waals surface area contributed by atoms with Crippen LogP contribution in [0.5, 0.6) is 5.75 Å². The van der Waals surface area contributed by atoms with Crippen molar-refractivity contribution in [2.75, 3.05) is 0 Å². The SMILES string of the molecule is Cc1ncc(CN)c(COP(=O)(O)O)c1O. The molecule has 0 radical (unpaired) electrons. The number of nitrogens with two attached hydrogens (primary N) is 1. The van der Waals surface area contributed by atoms with E-state index in [4.69, 9.17) is 15.5 Å². The minimum Gasteiger partial charge on any atom is -0.506 e. The monoisotopic (exact) mass is 248 g/mol. The average Bonchev–Trinajstić information content (AvgIpc) is 2.19. The second-order valence-electron chi connectivity index (χ2n) is 3.16. The number of rotatable bonds is 4. The van der Waals surface area contributed by atoms with Crippen molar-refractivity contribution in [3.8, 4) is 5.75 Å². The quantitative estimate of drug-likeness (QED) is 0.559. The number of aromatic nitrogens is 1. The summed E-state index contributed by atoms with van der Waals surface area (Å²) in [5.74, 6) is -0.156. The summed E-state index contributed by atoms with van der Waals surface area (Å²) in [5.41, 5.74) is 6.49. The maximum atomic E-state index is 10.5. The lowest BCUT2D eigenvalue weighted by Crippen LogP contribution is -2.05. The van der Waals surface area contributed by atoms with Crippen LogP contribution in [0.15, 0.2) is 6.20 Å². The molecule has 1 heterocycles. The Hall–Kier alpha value is -0.980. The van der Waals surface area contributed by atoms with Crippen LogP contribution in [0.25, 0.3) is 0 Å². The molecule has 1 aromatic rings. The number of aryl methyl sites for hydroxylation is 1. The van der Waals surface area contributed by atoms with E-state index >= 15 is 0 Å². The summed E-state index contributed by atoms with van der Waals surface area (Å²) in [7, 11) is -4.57. The minimum absolute atomic E-state index is 0.0979. The zero-order chi connectivity index (χ0) is 12.3. The number of phosphoric ester groups is 1. The van der Waals surface area contributed by atoms with Gasteiger partial charge in [0, 0.05) is 18.3 Å². The number of phosphoric acid groups is 1. The summed E-state index contributed by atoms with van der Waals surface area (Å²) in [6, 6.07) is 0. The fourth-order valence-corrected chi connectivity index (χ4v) is 1.47. The van der Waals surface area contributed by atoms with Gasteiger partial charge in [0.1, 0.15) is 5.75 Å². The maximum absolute atomic E-state index is 10.5. The Labute approximate surface area is 92.1 Å². The molecule has 0 bridgehead atoms. The lowest BCUT2D eigenvalue weighted by Gasteiger charge is -2.12. The van der Waals surface area contributed by atoms with Crippen LogP contribution in [0, 0.1) is 6.92 Å². The molecule has 8 heteroatoms. The number of pyridine rings is 1. The molecule has 0 atom stereocenters. The smallest absolute Gasteiger partial charge is 0.469 e. The van der Waals surface area contributed by atoms with Gasteiger partial charge in [-0.3, -0.25) is 9.51 Å². The summed E-state index contributed by atoms with van der Waals surface area (Å²) >= 11 is 0. The predicted octanol–water partition coefficient (Wildman–Crippen LogP) is 0.164. The van der Waals surface area contributed by atoms with Crippen LogP contribution >= 0.6 is 7.82 Å². The van der Waals surface area contributed by atoms with Gasteiger partial charge in [0.05, 0.1) is 12.3 Å². The molecule has 1 aromatic heterocycles. The molecule has 0 aromatic carbocycles. The van der Waals surface area contributed by atoms with Gasteiger partial charge < -0.3 is 20.6 Å². The highest BCUT2D eigenvalue weighted by molar-refractivity contribution is 7.46. The lowest BCUT2D eigenvalue weighted by molar-refractivity contribution is 0.186. The molecule has 0 unspecified atom stereocenters. The van der Waals surface area contributed by atoms with E-state index in [9.17, 15) is 9.67 Å². The molecular formula is C8H13N2O5P. The molecule has 5 N–H and O–H groups in total. The third-order valence-corrected chi connectivity index (χ3v) is 2.49. The molecule has 7 nitrogen and oxygen atoms in total. The van der Waals surface area contributed by atoms with Gasteiger partial charge in [-0.25, -0.2) is 4.57 Å². The highest BCUT2D eigenvalue weighted by Crippen LogP contribution is 2.38. The molecule has 16 heavy (non-hydrogen) atoms. The topological polar surface area (TPSA) is 126 Å². The van der Waals surface area contributed by atoms with Gasteiger partial charge in [-0.15, -0.1) is 0 Å². The van der Waals surface area contributed by atoms with Crippen LogP contribution in [0.1, 0.15) is 16.8 Å². The first-order valence-electron chi connectivity index (χ1n) is 4.41. The van der Waals surface area contributed by atoms with Crippen LogP contribution < -0.4 is 5.73 Å². The minimum atomic E-state index is -4.57. The van der Waals surface area contributed by atoms with Crippen LogP contribution in [-0.2, 0) is 22.2 Å². The number of hydrogen-bond acceptors (Lipinski definition) is 5. The predicted molar refractivity (Wildman–Crippen MR) is 55.4 cm³/mol. The van der Waals surface area contributed by atoms with Gasteiger partial charge in [0.25, 0.3) is 0 Å². The van der Waals surface area contributed by atoms with Gasteiger partial charge in [-0.2, -0.15) is 0 Å². The second kappa shape index (κ2) is 4.90. The largest absolute Gasteiger partial charge is 0.506 e. The third kappa shape index (κ3) is 3.26. The molecule has 0 saturated carbocycles. The van der Waals surface area contributed by atoms with Gasteiger partial charge in [-0.05, 0) is 12.5 Å². The maximum Gasteiger partial charge on any atom is 0.469 e. The molecule has 1 rings (SSSR count). The van der Waals surface area contributed by atoms with Crippen molar-refractivity contribution in [2.45, 2.75) is 20.1 Å². The first-order chi connectivity index (χ1) is 7.35. The van der Waals surface area contributed by atoms with E-state index in [1.807, 2.05) is 0 Å². The van der Waals surface area contributed by atoms with Gasteiger partial charge in [0.2, 0.25) is 0 Å². The summed E-state index contributed by atoms with van der Waals surface area (Å²) in [4.78, 5) is 21.0. The normalized spacial score (nSPS) is 11.8. The zero-order valence-corrected chi connectivity index (χ0v) is 9.52. The van der Waals surface area contributed by atoms with E-state index < -0.39 is 14.4 Å². The first-order valence-corrected chi connectivity index (χ1v) is 5.94. The standard InChI is InChI=1S/C8H13N2O5P/c1-5-8(11)7(4-15-16(12,13)14)6(2-9)3-10-5/h3,11H,2,4,9H2,1H3,(H2,12,13,14). The van der Waals surface area contributed by atoms with Gasteiger partial charge in [-0.1, -0.05) is 0 Å². The van der Waals surface area contributed by atoms with Crippen LogP contribution in [0.2, 0.25) is 0 Å². The van der Waals surface area contributed by atoms with Crippen molar-refractivity contribution >= 4 is 7.82 Å². The third-order valence-electron chi connectivity index (χ3n) is 2.03. The van der Waals surface area contributed by atoms with E-state index in [1.165, 1.54) is 6.20 Å². The highest BCUT2D eigenvalue weighted by atomic mass is 31.2. The Morgan fingerprint density at radius 2 is 2.19 bits per heavy atom. The van der Waals surface area contributed by atoms with E-state index in [0.717, 1.165) is 0 Å². The van der Waals surface area contributed by atoms with Crippen molar-refractivity contribution in [1.82, 2.24) is 4.98 Å². The Morgan fingerprint density at radius 1 is 1.56 bits per heavy atom. The molecule has 0 aliphatic heterocycles. The van der Waals surface area contributed by atoms with E-state index in [0.29, 0.717) is 11.3 Å². The average molecular weight is 248 g/mol. The van der Waals surface area contributed by atoms with Crippen molar-refractivity contribution < 1.29 is 24.0 Å². The molecule has 90 valence electrons. The van der Waals surface area contributed by atoms with Crippen molar-refractivity contribution in [3.05, 3.63) is 23.0 Å². The number of hydrogen-bond donors (Lipinski definition) is 4. The molecule has 0 amide bonds. The second-order valence-corrected chi connectivity index (χ2v) is 4.40. The van der Waals surface area contributed by atoms with Crippen molar-refractivity contribution in [2.24, 2.45) is 5.73 Å². The lowest BCUT2D eigenvalue weighted by atomic mass is 10.1. The first kappa shape index (κ1) is 13.1. The number of nitrogens with zero attached hydrogens (tertiary/aromatic N) is 1. The summed E-state index contributed by atoms with van der Waals surface area (Å²) < 4.78 is 14.9. The zero-order valence-electron chi connectivity index (χ0n) is 8.62. The molecule has 0 fully saturated rings. The van der Waals surface area contributed by atoms with Crippen molar-refractivity contribution in [3.63, 3.8) is 0 Å². The highest BCUT2D eigenvalue weighted by Gasteiger charge is 2.18. The van der Waals surface area contributed by atoms with Crippen LogP contribution in [-0.4, -0.2) is 19.9 Å². The van der Waals surface area contributed by atoms with E-state index in [1.54, 1.807) is 6.92 Å². The fraction of sp³-hybridized carbons (Fsp3) is 0.375. The molecular weight excluding hydrogens is 235 g/mol. The summed E-state index contributed by atoms with van der Waals surface area (Å²) in [6.45, 7) is 1.25. The molecule has 0 saturated heterocycles. The van der Waals surface area contributed by atoms with Crippen molar-refractivity contribution in [1.29, 1.82) is 0 Å². The van der Waals surface area contributed by atoms with E-state index in [2.05, 4.69) is 9.51 Å². The molecule has 0 aliphatic rings. The molecule has 0 aliphatic carbocycles. The Kier molecular flexibility index (Phi) is 4.01. The Bertz CT molecular complexity index is 431.